The second-order valence-corrected chi connectivity index (χ2v) is 4.70. The smallest absolute Gasteiger partial charge is 0.242 e. The van der Waals surface area contributed by atoms with Crippen molar-refractivity contribution in [2.45, 2.75) is 24.9 Å². The zero-order valence-electron chi connectivity index (χ0n) is 8.71. The molecule has 0 aromatic heterocycles. The predicted molar refractivity (Wildman–Crippen MR) is 58.3 cm³/mol. The molecule has 0 spiro atoms. The van der Waals surface area contributed by atoms with Crippen LogP contribution in [-0.2, 0) is 9.53 Å². The molecule has 0 saturated carbocycles. The van der Waals surface area contributed by atoms with Gasteiger partial charge in [-0.25, -0.2) is 0 Å². The monoisotopic (exact) mass is 218 g/mol. The van der Waals surface area contributed by atoms with Gasteiger partial charge < -0.3 is 15.8 Å². The Bertz CT molecular complexity index is 205. The molecular formula is C9H18N2O2S. The molecule has 1 aliphatic heterocycles. The van der Waals surface area contributed by atoms with Crippen LogP contribution in [0.5, 0.6) is 0 Å². The number of hydrogen-bond donors (Lipinski definition) is 2. The highest BCUT2D eigenvalue weighted by Gasteiger charge is 2.38. The predicted octanol–water partition coefficient (Wildman–Crippen LogP) is -0.0281. The van der Waals surface area contributed by atoms with Crippen molar-refractivity contribution in [3.63, 3.8) is 0 Å². The molecule has 1 heterocycles. The van der Waals surface area contributed by atoms with E-state index in [-0.39, 0.29) is 11.9 Å². The first-order valence-corrected chi connectivity index (χ1v) is 6.14. The summed E-state index contributed by atoms with van der Waals surface area (Å²) < 4.78 is 5.13. The van der Waals surface area contributed by atoms with Gasteiger partial charge in [0.25, 0.3) is 0 Å². The van der Waals surface area contributed by atoms with E-state index in [1.54, 1.807) is 11.8 Å². The van der Waals surface area contributed by atoms with Crippen LogP contribution < -0.4 is 11.1 Å². The third kappa shape index (κ3) is 2.87. The van der Waals surface area contributed by atoms with E-state index in [4.69, 9.17) is 10.5 Å². The van der Waals surface area contributed by atoms with E-state index in [0.717, 1.165) is 5.75 Å². The summed E-state index contributed by atoms with van der Waals surface area (Å²) in [5.41, 5.74) is 5.10. The molecule has 0 aliphatic carbocycles. The maximum atomic E-state index is 11.7. The lowest BCUT2D eigenvalue weighted by Crippen LogP contribution is -2.56. The summed E-state index contributed by atoms with van der Waals surface area (Å²) >= 11 is 1.71. The first-order chi connectivity index (χ1) is 6.58. The fraction of sp³-hybridized carbons (Fsp3) is 0.889. The van der Waals surface area contributed by atoms with Gasteiger partial charge in [-0.1, -0.05) is 0 Å². The zero-order valence-corrected chi connectivity index (χ0v) is 9.52. The number of rotatable bonds is 4. The number of hydrogen-bond acceptors (Lipinski definition) is 4. The average Bonchev–Trinajstić information content (AvgIpc) is 2.54. The molecule has 3 N–H and O–H groups in total. The van der Waals surface area contributed by atoms with E-state index in [1.807, 2.05) is 13.2 Å². The summed E-state index contributed by atoms with van der Waals surface area (Å²) in [5.74, 6) is 0.819. The summed E-state index contributed by atoms with van der Waals surface area (Å²) in [6.07, 6.45) is 2.63. The van der Waals surface area contributed by atoms with E-state index in [9.17, 15) is 4.79 Å². The van der Waals surface area contributed by atoms with Gasteiger partial charge >= 0.3 is 0 Å². The first-order valence-electron chi connectivity index (χ1n) is 4.75. The van der Waals surface area contributed by atoms with Gasteiger partial charge in [0.15, 0.2) is 0 Å². The van der Waals surface area contributed by atoms with Crippen molar-refractivity contribution in [2.24, 2.45) is 5.73 Å². The minimum atomic E-state index is -0.799. The van der Waals surface area contributed by atoms with Crippen molar-refractivity contribution in [1.82, 2.24) is 5.32 Å². The second-order valence-electron chi connectivity index (χ2n) is 3.79. The third-order valence-electron chi connectivity index (χ3n) is 2.30. The lowest BCUT2D eigenvalue weighted by molar-refractivity contribution is -0.126. The van der Waals surface area contributed by atoms with E-state index >= 15 is 0 Å². The Labute approximate surface area is 88.9 Å². The minimum Gasteiger partial charge on any atom is -0.379 e. The molecule has 0 aromatic rings. The van der Waals surface area contributed by atoms with E-state index in [2.05, 4.69) is 5.32 Å². The molecule has 1 amide bonds. The highest BCUT2D eigenvalue weighted by molar-refractivity contribution is 7.98. The Morgan fingerprint density at radius 3 is 3.00 bits per heavy atom. The summed E-state index contributed by atoms with van der Waals surface area (Å²) in [6, 6.07) is 0.165. The maximum Gasteiger partial charge on any atom is 0.242 e. The highest BCUT2D eigenvalue weighted by atomic mass is 32.2. The van der Waals surface area contributed by atoms with Crippen LogP contribution in [0.3, 0.4) is 0 Å². The number of ether oxygens (including phenoxy) is 1. The molecule has 0 radical (unpaired) electrons. The van der Waals surface area contributed by atoms with E-state index in [1.165, 1.54) is 0 Å². The van der Waals surface area contributed by atoms with Gasteiger partial charge in [-0.05, 0) is 19.6 Å². The number of carbonyl (C=O) groups excluding carboxylic acids is 1. The van der Waals surface area contributed by atoms with Crippen LogP contribution in [-0.4, -0.2) is 42.7 Å². The van der Waals surface area contributed by atoms with Crippen LogP contribution in [0.25, 0.3) is 0 Å². The molecule has 2 unspecified atom stereocenters. The molecular weight excluding hydrogens is 200 g/mol. The van der Waals surface area contributed by atoms with E-state index in [0.29, 0.717) is 19.6 Å². The van der Waals surface area contributed by atoms with Gasteiger partial charge in [0.1, 0.15) is 5.54 Å². The molecule has 2 atom stereocenters. The Morgan fingerprint density at radius 1 is 1.79 bits per heavy atom. The van der Waals surface area contributed by atoms with E-state index < -0.39 is 5.54 Å². The van der Waals surface area contributed by atoms with Gasteiger partial charge in [0, 0.05) is 18.4 Å². The summed E-state index contributed by atoms with van der Waals surface area (Å²) in [7, 11) is 0. The molecule has 0 bridgehead atoms. The van der Waals surface area contributed by atoms with Crippen LogP contribution in [0, 0.1) is 0 Å². The molecule has 82 valence electrons. The van der Waals surface area contributed by atoms with Crippen molar-refractivity contribution in [3.05, 3.63) is 0 Å². The average molecular weight is 218 g/mol. The molecule has 4 nitrogen and oxygen atoms in total. The molecule has 5 heteroatoms. The molecule has 0 aromatic carbocycles. The van der Waals surface area contributed by atoms with Crippen molar-refractivity contribution in [3.8, 4) is 0 Å². The second kappa shape index (κ2) is 5.00. The van der Waals surface area contributed by atoms with Crippen molar-refractivity contribution >= 4 is 17.7 Å². The quantitative estimate of drug-likeness (QED) is 0.695. The molecule has 1 rings (SSSR count). The summed E-state index contributed by atoms with van der Waals surface area (Å²) in [4.78, 5) is 11.7. The molecule has 14 heavy (non-hydrogen) atoms. The lowest BCUT2D eigenvalue weighted by Gasteiger charge is -2.23. The van der Waals surface area contributed by atoms with Gasteiger partial charge in [0.05, 0.1) is 6.61 Å². The minimum absolute atomic E-state index is 0.0865. The fourth-order valence-electron chi connectivity index (χ4n) is 1.42. The number of nitrogens with one attached hydrogen (secondary N) is 1. The number of amides is 1. The number of thioether (sulfide) groups is 1. The number of carbonyl (C=O) groups is 1. The zero-order chi connectivity index (χ0) is 10.6. The lowest BCUT2D eigenvalue weighted by atomic mass is 9.99. The van der Waals surface area contributed by atoms with Gasteiger partial charge in [-0.3, -0.25) is 4.79 Å². The largest absolute Gasteiger partial charge is 0.379 e. The third-order valence-corrected chi connectivity index (χ3v) is 3.13. The molecule has 1 fully saturated rings. The summed E-state index contributed by atoms with van der Waals surface area (Å²) in [5, 5.41) is 2.90. The van der Waals surface area contributed by atoms with Crippen LogP contribution >= 0.6 is 11.8 Å². The Morgan fingerprint density at radius 2 is 2.50 bits per heavy atom. The van der Waals surface area contributed by atoms with Crippen molar-refractivity contribution in [1.29, 1.82) is 0 Å². The SMILES string of the molecule is CSCC(C)NC(=O)C1(N)CCOC1. The van der Waals surface area contributed by atoms with Crippen LogP contribution in [0.2, 0.25) is 0 Å². The van der Waals surface area contributed by atoms with Gasteiger partial charge in [-0.15, -0.1) is 0 Å². The van der Waals surface area contributed by atoms with Crippen LogP contribution in [0.1, 0.15) is 13.3 Å². The summed E-state index contributed by atoms with van der Waals surface area (Å²) in [6.45, 7) is 2.90. The Hall–Kier alpha value is -0.260. The topological polar surface area (TPSA) is 64.4 Å². The normalized spacial score (nSPS) is 28.8. The van der Waals surface area contributed by atoms with Crippen LogP contribution in [0.15, 0.2) is 0 Å². The maximum absolute atomic E-state index is 11.7. The standard InChI is InChI=1S/C9H18N2O2S/c1-7(5-14-2)11-8(12)9(10)3-4-13-6-9/h7H,3-6,10H2,1-2H3,(H,11,12). The van der Waals surface area contributed by atoms with Crippen molar-refractivity contribution < 1.29 is 9.53 Å². The fourth-order valence-corrected chi connectivity index (χ4v) is 2.00. The van der Waals surface area contributed by atoms with Gasteiger partial charge in [0.2, 0.25) is 5.91 Å². The number of nitrogens with two attached hydrogens (primary N) is 1. The van der Waals surface area contributed by atoms with Crippen LogP contribution in [0.4, 0.5) is 0 Å². The molecule has 1 aliphatic rings. The highest BCUT2D eigenvalue weighted by Crippen LogP contribution is 2.15. The van der Waals surface area contributed by atoms with Gasteiger partial charge in [-0.2, -0.15) is 11.8 Å². The Kier molecular flexibility index (Phi) is 4.22. The first kappa shape index (κ1) is 11.8. The Balaban J connectivity index is 2.40. The molecule has 1 saturated heterocycles. The van der Waals surface area contributed by atoms with Crippen molar-refractivity contribution in [2.75, 3.05) is 25.2 Å².